The zero-order chi connectivity index (χ0) is 19.8. The molecule has 0 aromatic heterocycles. The number of amides is 1. The average molecular weight is 375 g/mol. The van der Waals surface area contributed by atoms with Crippen LogP contribution in [-0.4, -0.2) is 31.7 Å². The number of hydrogen-bond acceptors (Lipinski definition) is 5. The van der Waals surface area contributed by atoms with Crippen molar-refractivity contribution >= 4 is 11.9 Å². The van der Waals surface area contributed by atoms with E-state index in [1.807, 2.05) is 6.92 Å². The summed E-state index contributed by atoms with van der Waals surface area (Å²) in [5.41, 5.74) is 0.984. The van der Waals surface area contributed by atoms with Gasteiger partial charge in [0, 0.05) is 6.54 Å². The van der Waals surface area contributed by atoms with E-state index in [1.165, 1.54) is 38.3 Å². The smallest absolute Gasteiger partial charge is 0.339 e. The maximum atomic E-state index is 12.9. The van der Waals surface area contributed by atoms with Gasteiger partial charge < -0.3 is 19.5 Å². The first-order valence-electron chi connectivity index (χ1n) is 8.48. The highest BCUT2D eigenvalue weighted by Gasteiger charge is 2.20. The lowest BCUT2D eigenvalue weighted by Crippen LogP contribution is -2.35. The highest BCUT2D eigenvalue weighted by Crippen LogP contribution is 2.28. The van der Waals surface area contributed by atoms with Gasteiger partial charge >= 0.3 is 5.97 Å². The molecule has 2 aromatic carbocycles. The Morgan fingerprint density at radius 3 is 2.44 bits per heavy atom. The van der Waals surface area contributed by atoms with Gasteiger partial charge in [-0.05, 0) is 49.7 Å². The molecule has 144 valence electrons. The molecule has 0 aliphatic heterocycles. The van der Waals surface area contributed by atoms with Crippen LogP contribution in [0, 0.1) is 5.82 Å². The summed E-state index contributed by atoms with van der Waals surface area (Å²) in [5.74, 6) is -0.533. The zero-order valence-electron chi connectivity index (χ0n) is 15.5. The third-order valence-electron chi connectivity index (χ3n) is 3.73. The van der Waals surface area contributed by atoms with Crippen LogP contribution in [0.15, 0.2) is 42.5 Å². The minimum absolute atomic E-state index is 0.206. The van der Waals surface area contributed by atoms with Gasteiger partial charge in [0.1, 0.15) is 5.82 Å². The van der Waals surface area contributed by atoms with Crippen LogP contribution < -0.4 is 14.8 Å². The highest BCUT2D eigenvalue weighted by atomic mass is 19.1. The van der Waals surface area contributed by atoms with Crippen LogP contribution in [0.1, 0.15) is 29.8 Å². The third kappa shape index (κ3) is 5.70. The van der Waals surface area contributed by atoms with Gasteiger partial charge in [-0.2, -0.15) is 0 Å². The Morgan fingerprint density at radius 1 is 1.11 bits per heavy atom. The molecule has 1 atom stereocenters. The zero-order valence-corrected chi connectivity index (χ0v) is 15.5. The van der Waals surface area contributed by atoms with Crippen molar-refractivity contribution in [2.45, 2.75) is 26.5 Å². The van der Waals surface area contributed by atoms with Gasteiger partial charge in [0.05, 0.1) is 19.3 Å². The number of nitrogens with one attached hydrogen (secondary N) is 1. The molecule has 2 rings (SSSR count). The molecule has 0 spiro atoms. The predicted molar refractivity (Wildman–Crippen MR) is 97.3 cm³/mol. The molecule has 0 saturated carbocycles. The van der Waals surface area contributed by atoms with E-state index in [-0.39, 0.29) is 17.9 Å². The van der Waals surface area contributed by atoms with Gasteiger partial charge in [0.15, 0.2) is 17.6 Å². The van der Waals surface area contributed by atoms with E-state index in [0.717, 1.165) is 5.56 Å². The van der Waals surface area contributed by atoms with E-state index in [1.54, 1.807) is 18.2 Å². The predicted octanol–water partition coefficient (Wildman–Crippen LogP) is 3.09. The molecule has 2 aromatic rings. The first-order chi connectivity index (χ1) is 12.9. The van der Waals surface area contributed by atoms with Crippen molar-refractivity contribution in [3.63, 3.8) is 0 Å². The van der Waals surface area contributed by atoms with Gasteiger partial charge in [0.25, 0.3) is 5.91 Å². The molecule has 0 saturated heterocycles. The van der Waals surface area contributed by atoms with Crippen LogP contribution in [-0.2, 0) is 16.1 Å². The van der Waals surface area contributed by atoms with Gasteiger partial charge in [-0.1, -0.05) is 12.1 Å². The summed E-state index contributed by atoms with van der Waals surface area (Å²) in [7, 11) is 1.50. The normalized spacial score (nSPS) is 11.4. The maximum absolute atomic E-state index is 12.9. The molecule has 0 unspecified atom stereocenters. The quantitative estimate of drug-likeness (QED) is 0.718. The SMILES string of the molecule is CCOc1cc(C(=O)O[C@@H](C)C(=O)NCc2ccc(F)cc2)ccc1OC. The molecular formula is C20H22FNO5. The molecule has 6 nitrogen and oxygen atoms in total. The number of carbonyl (C=O) groups is 2. The minimum atomic E-state index is -0.990. The van der Waals surface area contributed by atoms with Crippen molar-refractivity contribution in [2.75, 3.05) is 13.7 Å². The van der Waals surface area contributed by atoms with E-state index in [0.29, 0.717) is 18.1 Å². The van der Waals surface area contributed by atoms with Crippen LogP contribution in [0.4, 0.5) is 4.39 Å². The average Bonchev–Trinajstić information content (AvgIpc) is 2.67. The number of hydrogen-bond donors (Lipinski definition) is 1. The number of carbonyl (C=O) groups excluding carboxylic acids is 2. The molecule has 0 heterocycles. The lowest BCUT2D eigenvalue weighted by molar-refractivity contribution is -0.129. The Balaban J connectivity index is 1.94. The molecule has 0 aliphatic rings. The minimum Gasteiger partial charge on any atom is -0.493 e. The fourth-order valence-electron chi connectivity index (χ4n) is 2.29. The molecule has 0 radical (unpaired) electrons. The second-order valence-electron chi connectivity index (χ2n) is 5.69. The molecular weight excluding hydrogens is 353 g/mol. The standard InChI is InChI=1S/C20H22FNO5/c1-4-26-18-11-15(7-10-17(18)25-3)20(24)27-13(2)19(23)22-12-14-5-8-16(21)9-6-14/h5-11,13H,4,12H2,1-3H3,(H,22,23)/t13-/m0/s1. The lowest BCUT2D eigenvalue weighted by atomic mass is 10.2. The van der Waals surface area contributed by atoms with Gasteiger partial charge in [-0.25, -0.2) is 9.18 Å². The molecule has 0 bridgehead atoms. The van der Waals surface area contributed by atoms with E-state index in [4.69, 9.17) is 14.2 Å². The van der Waals surface area contributed by atoms with E-state index >= 15 is 0 Å². The Hall–Kier alpha value is -3.09. The van der Waals surface area contributed by atoms with Crippen molar-refractivity contribution < 1.29 is 28.2 Å². The summed E-state index contributed by atoms with van der Waals surface area (Å²) in [6.45, 7) is 3.91. The van der Waals surface area contributed by atoms with Gasteiger partial charge in [0.2, 0.25) is 0 Å². The molecule has 27 heavy (non-hydrogen) atoms. The maximum Gasteiger partial charge on any atom is 0.339 e. The Morgan fingerprint density at radius 2 is 1.81 bits per heavy atom. The second-order valence-corrected chi connectivity index (χ2v) is 5.69. The van der Waals surface area contributed by atoms with E-state index < -0.39 is 18.0 Å². The number of halogens is 1. The summed E-state index contributed by atoms with van der Waals surface area (Å²) in [6, 6.07) is 10.4. The lowest BCUT2D eigenvalue weighted by Gasteiger charge is -2.15. The molecule has 1 N–H and O–H groups in total. The van der Waals surface area contributed by atoms with E-state index in [9.17, 15) is 14.0 Å². The molecule has 0 aliphatic carbocycles. The van der Waals surface area contributed by atoms with Crippen LogP contribution in [0.5, 0.6) is 11.5 Å². The summed E-state index contributed by atoms with van der Waals surface area (Å²) < 4.78 is 28.7. The summed E-state index contributed by atoms with van der Waals surface area (Å²) in [5, 5.41) is 2.64. The topological polar surface area (TPSA) is 73.9 Å². The van der Waals surface area contributed by atoms with Crippen molar-refractivity contribution in [3.05, 3.63) is 59.4 Å². The number of benzene rings is 2. The van der Waals surface area contributed by atoms with Crippen molar-refractivity contribution in [2.24, 2.45) is 0 Å². The van der Waals surface area contributed by atoms with Crippen LogP contribution >= 0.6 is 0 Å². The summed E-state index contributed by atoms with van der Waals surface area (Å²) in [4.78, 5) is 24.4. The van der Waals surface area contributed by atoms with Crippen molar-refractivity contribution in [1.82, 2.24) is 5.32 Å². The second kappa shape index (κ2) is 9.56. The fourth-order valence-corrected chi connectivity index (χ4v) is 2.29. The number of ether oxygens (including phenoxy) is 3. The van der Waals surface area contributed by atoms with Crippen LogP contribution in [0.2, 0.25) is 0 Å². The summed E-state index contributed by atoms with van der Waals surface area (Å²) in [6.07, 6.45) is -0.990. The van der Waals surface area contributed by atoms with E-state index in [2.05, 4.69) is 5.32 Å². The number of esters is 1. The van der Waals surface area contributed by atoms with Crippen LogP contribution in [0.25, 0.3) is 0 Å². The monoisotopic (exact) mass is 375 g/mol. The number of rotatable bonds is 8. The molecule has 0 fully saturated rings. The van der Waals surface area contributed by atoms with Gasteiger partial charge in [-0.3, -0.25) is 4.79 Å². The van der Waals surface area contributed by atoms with Gasteiger partial charge in [-0.15, -0.1) is 0 Å². The Kier molecular flexibility index (Phi) is 7.16. The van der Waals surface area contributed by atoms with Crippen molar-refractivity contribution in [1.29, 1.82) is 0 Å². The third-order valence-corrected chi connectivity index (χ3v) is 3.73. The highest BCUT2D eigenvalue weighted by molar-refractivity contribution is 5.92. The number of methoxy groups -OCH3 is 1. The van der Waals surface area contributed by atoms with Crippen molar-refractivity contribution in [3.8, 4) is 11.5 Å². The summed E-state index contributed by atoms with van der Waals surface area (Å²) >= 11 is 0. The fraction of sp³-hybridized carbons (Fsp3) is 0.300. The largest absolute Gasteiger partial charge is 0.493 e. The molecule has 7 heteroatoms. The van der Waals surface area contributed by atoms with Crippen LogP contribution in [0.3, 0.4) is 0 Å². The first-order valence-corrected chi connectivity index (χ1v) is 8.48. The first kappa shape index (κ1) is 20.2. The molecule has 1 amide bonds. The Bertz CT molecular complexity index is 791. The Labute approximate surface area is 157 Å².